The fraction of sp³-hybridized carbons (Fsp3) is 0.462. The van der Waals surface area contributed by atoms with Crippen LogP contribution in [-0.2, 0) is 14.9 Å². The second-order valence-corrected chi connectivity index (χ2v) is 6.55. The van der Waals surface area contributed by atoms with Crippen molar-refractivity contribution in [1.82, 2.24) is 4.31 Å². The lowest BCUT2D eigenvalue weighted by Gasteiger charge is -2.26. The van der Waals surface area contributed by atoms with Crippen molar-refractivity contribution in [3.63, 3.8) is 0 Å². The fourth-order valence-electron chi connectivity index (χ4n) is 2.25. The summed E-state index contributed by atoms with van der Waals surface area (Å²) in [5, 5.41) is 0. The molecule has 0 radical (unpaired) electrons. The first kappa shape index (κ1) is 14.8. The van der Waals surface area contributed by atoms with Crippen molar-refractivity contribution in [1.29, 1.82) is 0 Å². The molecule has 110 valence electrons. The van der Waals surface area contributed by atoms with Gasteiger partial charge in [-0.25, -0.2) is 4.79 Å². The maximum atomic E-state index is 12.5. The Kier molecular flexibility index (Phi) is 4.29. The van der Waals surface area contributed by atoms with Gasteiger partial charge in [0.25, 0.3) is 0 Å². The third kappa shape index (κ3) is 2.64. The molecule has 0 saturated carbocycles. The predicted molar refractivity (Wildman–Crippen MR) is 75.9 cm³/mol. The number of para-hydroxylation sites is 1. The van der Waals surface area contributed by atoms with E-state index in [4.69, 9.17) is 4.74 Å². The van der Waals surface area contributed by atoms with Crippen LogP contribution >= 0.6 is 0 Å². The maximum Gasteiger partial charge on any atom is 0.340 e. The Hall–Kier alpha value is -1.60. The quantitative estimate of drug-likeness (QED) is 0.785. The maximum absolute atomic E-state index is 12.5. The molecule has 1 aliphatic heterocycles. The van der Waals surface area contributed by atoms with Gasteiger partial charge in [-0.3, -0.25) is 4.31 Å². The zero-order valence-corrected chi connectivity index (χ0v) is 12.4. The monoisotopic (exact) mass is 298 g/mol. The van der Waals surface area contributed by atoms with Gasteiger partial charge in [-0.2, -0.15) is 12.7 Å². The number of rotatable bonds is 4. The van der Waals surface area contributed by atoms with Gasteiger partial charge in [-0.05, 0) is 25.0 Å². The Balaban J connectivity index is 2.38. The molecule has 0 N–H and O–H groups in total. The average molecular weight is 298 g/mol. The summed E-state index contributed by atoms with van der Waals surface area (Å²) in [5.41, 5.74) is 0.562. The van der Waals surface area contributed by atoms with E-state index in [1.807, 2.05) is 0 Å². The Morgan fingerprint density at radius 3 is 2.45 bits per heavy atom. The highest BCUT2D eigenvalue weighted by Crippen LogP contribution is 2.25. The van der Waals surface area contributed by atoms with Crippen molar-refractivity contribution < 1.29 is 17.9 Å². The Morgan fingerprint density at radius 2 is 1.85 bits per heavy atom. The third-order valence-electron chi connectivity index (χ3n) is 3.39. The molecule has 2 rings (SSSR count). The fourth-order valence-corrected chi connectivity index (χ4v) is 3.72. The number of hydrogen-bond acceptors (Lipinski definition) is 4. The van der Waals surface area contributed by atoms with Gasteiger partial charge in [0, 0.05) is 20.1 Å². The van der Waals surface area contributed by atoms with E-state index >= 15 is 0 Å². The normalized spacial score (nSPS) is 16.1. The molecule has 1 saturated heterocycles. The van der Waals surface area contributed by atoms with Crippen LogP contribution in [0.2, 0.25) is 0 Å². The summed E-state index contributed by atoms with van der Waals surface area (Å²) in [7, 11) is -0.871. The van der Waals surface area contributed by atoms with E-state index in [9.17, 15) is 13.2 Å². The van der Waals surface area contributed by atoms with Gasteiger partial charge < -0.3 is 4.74 Å². The van der Waals surface area contributed by atoms with E-state index in [0.29, 0.717) is 18.8 Å². The van der Waals surface area contributed by atoms with E-state index < -0.39 is 16.2 Å². The molecule has 1 aromatic rings. The molecule has 1 aliphatic rings. The number of hydrogen-bond donors (Lipinski definition) is 0. The second kappa shape index (κ2) is 5.80. The number of benzene rings is 1. The molecule has 1 fully saturated rings. The lowest BCUT2D eigenvalue weighted by atomic mass is 10.2. The number of nitrogens with zero attached hydrogens (tertiary/aromatic N) is 2. The lowest BCUT2D eigenvalue weighted by Crippen LogP contribution is -2.40. The standard InChI is InChI=1S/C13H18N2O4S/c1-14(20(17,18)15-9-5-6-10-15)12-8-4-3-7-11(12)13(16)19-2/h3-4,7-8H,5-6,9-10H2,1-2H3. The van der Waals surface area contributed by atoms with Crippen LogP contribution in [0.1, 0.15) is 23.2 Å². The van der Waals surface area contributed by atoms with Crippen LogP contribution < -0.4 is 4.31 Å². The summed E-state index contributed by atoms with van der Waals surface area (Å²) in [6.45, 7) is 1.04. The van der Waals surface area contributed by atoms with Crippen LogP contribution in [0.5, 0.6) is 0 Å². The first-order valence-corrected chi connectivity index (χ1v) is 7.79. The Morgan fingerprint density at radius 1 is 1.25 bits per heavy atom. The number of methoxy groups -OCH3 is 1. The van der Waals surface area contributed by atoms with E-state index in [1.165, 1.54) is 18.5 Å². The van der Waals surface area contributed by atoms with E-state index in [1.54, 1.807) is 24.3 Å². The molecule has 20 heavy (non-hydrogen) atoms. The average Bonchev–Trinajstić information content (AvgIpc) is 3.00. The van der Waals surface area contributed by atoms with Gasteiger partial charge in [-0.15, -0.1) is 0 Å². The van der Waals surface area contributed by atoms with Crippen LogP contribution in [0.3, 0.4) is 0 Å². The topological polar surface area (TPSA) is 66.9 Å². The minimum atomic E-state index is -3.60. The zero-order valence-electron chi connectivity index (χ0n) is 11.6. The smallest absolute Gasteiger partial charge is 0.340 e. The van der Waals surface area contributed by atoms with E-state index in [-0.39, 0.29) is 5.56 Å². The summed E-state index contributed by atoms with van der Waals surface area (Å²) >= 11 is 0. The molecule has 0 unspecified atom stereocenters. The Labute approximate surface area is 119 Å². The Bertz CT molecular complexity index is 594. The van der Waals surface area contributed by atoms with Crippen molar-refractivity contribution in [2.45, 2.75) is 12.8 Å². The highest BCUT2D eigenvalue weighted by atomic mass is 32.2. The first-order valence-electron chi connectivity index (χ1n) is 6.40. The molecule has 0 aromatic heterocycles. The second-order valence-electron chi connectivity index (χ2n) is 4.59. The molecule has 0 atom stereocenters. The molecule has 1 aromatic carbocycles. The predicted octanol–water partition coefficient (Wildman–Crippen LogP) is 1.25. The molecule has 6 nitrogen and oxygen atoms in total. The van der Waals surface area contributed by atoms with Crippen LogP contribution in [0, 0.1) is 0 Å². The number of anilines is 1. The number of ether oxygens (including phenoxy) is 1. The molecular weight excluding hydrogens is 280 g/mol. The van der Waals surface area contributed by atoms with Crippen LogP contribution in [-0.4, -0.2) is 45.9 Å². The van der Waals surface area contributed by atoms with Gasteiger partial charge in [-0.1, -0.05) is 12.1 Å². The van der Waals surface area contributed by atoms with Crippen molar-refractivity contribution in [2.75, 3.05) is 31.6 Å². The minimum Gasteiger partial charge on any atom is -0.465 e. The summed E-state index contributed by atoms with van der Waals surface area (Å²) in [6.07, 6.45) is 1.73. The summed E-state index contributed by atoms with van der Waals surface area (Å²) in [4.78, 5) is 11.7. The highest BCUT2D eigenvalue weighted by molar-refractivity contribution is 7.90. The van der Waals surface area contributed by atoms with Crippen LogP contribution in [0.15, 0.2) is 24.3 Å². The first-order chi connectivity index (χ1) is 9.48. The van der Waals surface area contributed by atoms with Gasteiger partial charge in [0.1, 0.15) is 0 Å². The van der Waals surface area contributed by atoms with Crippen LogP contribution in [0.25, 0.3) is 0 Å². The lowest BCUT2D eigenvalue weighted by molar-refractivity contribution is 0.0601. The number of esters is 1. The molecule has 0 aliphatic carbocycles. The number of carbonyl (C=O) groups excluding carboxylic acids is 1. The molecule has 0 spiro atoms. The van der Waals surface area contributed by atoms with Crippen molar-refractivity contribution >= 4 is 21.9 Å². The highest BCUT2D eigenvalue weighted by Gasteiger charge is 2.31. The van der Waals surface area contributed by atoms with Gasteiger partial charge in [0.2, 0.25) is 0 Å². The van der Waals surface area contributed by atoms with Gasteiger partial charge in [0.15, 0.2) is 0 Å². The molecule has 7 heteroatoms. The largest absolute Gasteiger partial charge is 0.465 e. The SMILES string of the molecule is COC(=O)c1ccccc1N(C)S(=O)(=O)N1CCCC1. The van der Waals surface area contributed by atoms with Crippen LogP contribution in [0.4, 0.5) is 5.69 Å². The molecule has 0 bridgehead atoms. The van der Waals surface area contributed by atoms with Crippen molar-refractivity contribution in [2.24, 2.45) is 0 Å². The summed E-state index contributed by atoms with van der Waals surface area (Å²) in [5.74, 6) is -0.552. The minimum absolute atomic E-state index is 0.236. The summed E-state index contributed by atoms with van der Waals surface area (Å²) < 4.78 is 32.3. The van der Waals surface area contributed by atoms with Crippen molar-refractivity contribution in [3.8, 4) is 0 Å². The van der Waals surface area contributed by atoms with Gasteiger partial charge >= 0.3 is 16.2 Å². The molecule has 1 heterocycles. The molecular formula is C13H18N2O4S. The van der Waals surface area contributed by atoms with Gasteiger partial charge in [0.05, 0.1) is 18.4 Å². The number of carbonyl (C=O) groups is 1. The summed E-state index contributed by atoms with van der Waals surface area (Å²) in [6, 6.07) is 6.51. The zero-order chi connectivity index (χ0) is 14.8. The van der Waals surface area contributed by atoms with E-state index in [2.05, 4.69) is 0 Å². The van der Waals surface area contributed by atoms with E-state index in [0.717, 1.165) is 17.1 Å². The third-order valence-corrected chi connectivity index (χ3v) is 5.29. The molecule has 0 amide bonds. The van der Waals surface area contributed by atoms with Crippen molar-refractivity contribution in [3.05, 3.63) is 29.8 Å².